The zero-order chi connectivity index (χ0) is 32.2. The van der Waals surface area contributed by atoms with Gasteiger partial charge in [-0.1, -0.05) is 6.07 Å². The number of nitrogens with zero attached hydrogens (tertiary/aromatic N) is 2. The van der Waals surface area contributed by atoms with Crippen LogP contribution in [0.4, 0.5) is 11.4 Å². The van der Waals surface area contributed by atoms with Crippen LogP contribution in [0.2, 0.25) is 0 Å². The summed E-state index contributed by atoms with van der Waals surface area (Å²) >= 11 is 0. The summed E-state index contributed by atoms with van der Waals surface area (Å²) in [7, 11) is 1.15. The maximum absolute atomic E-state index is 13.5. The molecule has 3 rings (SSSR count). The Hall–Kier alpha value is -3.55. The van der Waals surface area contributed by atoms with E-state index in [9.17, 15) is 14.4 Å². The molecule has 0 fully saturated rings. The van der Waals surface area contributed by atoms with Gasteiger partial charge in [0, 0.05) is 33.7 Å². The molecular formula is C24H30N4O4. The van der Waals surface area contributed by atoms with Crippen molar-refractivity contribution in [2.24, 2.45) is 0 Å². The third-order valence-corrected chi connectivity index (χ3v) is 4.99. The second-order valence-corrected chi connectivity index (χ2v) is 7.44. The van der Waals surface area contributed by atoms with Gasteiger partial charge in [0.15, 0.2) is 5.75 Å². The Bertz CT molecular complexity index is 1380. The molecular weight excluding hydrogens is 408 g/mol. The van der Waals surface area contributed by atoms with E-state index < -0.39 is 61.8 Å². The van der Waals surface area contributed by atoms with Crippen LogP contribution in [-0.4, -0.2) is 53.6 Å². The summed E-state index contributed by atoms with van der Waals surface area (Å²) in [6.45, 7) is -11.2. The number of fused-ring (bicyclic) bond motifs is 1. The Morgan fingerprint density at radius 1 is 1.19 bits per heavy atom. The lowest BCUT2D eigenvalue weighted by atomic mass is 10.1. The van der Waals surface area contributed by atoms with E-state index >= 15 is 0 Å². The lowest BCUT2D eigenvalue weighted by Gasteiger charge is -2.26. The number of hydrogen-bond donors (Lipinski definition) is 2. The zero-order valence-corrected chi connectivity index (χ0v) is 17.8. The summed E-state index contributed by atoms with van der Waals surface area (Å²) < 4.78 is 82.7. The van der Waals surface area contributed by atoms with Crippen molar-refractivity contribution in [3.63, 3.8) is 0 Å². The van der Waals surface area contributed by atoms with E-state index in [1.54, 1.807) is 12.1 Å². The molecule has 3 amide bonds. The number of carbonyl (C=O) groups is 3. The lowest BCUT2D eigenvalue weighted by molar-refractivity contribution is -0.134. The summed E-state index contributed by atoms with van der Waals surface area (Å²) in [6.07, 6.45) is -1.14. The van der Waals surface area contributed by atoms with Gasteiger partial charge in [-0.3, -0.25) is 14.4 Å². The summed E-state index contributed by atoms with van der Waals surface area (Å²) in [6, 6.07) is 6.27. The number of likely N-dealkylation sites (N-methyl/N-ethyl adjacent to an activating group) is 1. The predicted molar refractivity (Wildman–Crippen MR) is 124 cm³/mol. The minimum atomic E-state index is -3.80. The van der Waals surface area contributed by atoms with Crippen molar-refractivity contribution in [3.05, 3.63) is 47.0 Å². The minimum absolute atomic E-state index is 0.0374. The lowest BCUT2D eigenvalue weighted by Crippen LogP contribution is -2.46. The Morgan fingerprint density at radius 2 is 1.84 bits per heavy atom. The van der Waals surface area contributed by atoms with Gasteiger partial charge >= 0.3 is 0 Å². The van der Waals surface area contributed by atoms with Crippen molar-refractivity contribution >= 4 is 29.1 Å². The van der Waals surface area contributed by atoms with Crippen LogP contribution in [0.3, 0.4) is 0 Å². The van der Waals surface area contributed by atoms with Crippen molar-refractivity contribution in [3.8, 4) is 11.5 Å². The molecule has 0 unspecified atom stereocenters. The highest BCUT2D eigenvalue weighted by Crippen LogP contribution is 2.35. The Morgan fingerprint density at radius 3 is 2.47 bits per heavy atom. The normalized spacial score (nSPS) is 22.0. The van der Waals surface area contributed by atoms with Gasteiger partial charge in [0.25, 0.3) is 5.91 Å². The molecule has 0 saturated carbocycles. The first-order valence-corrected chi connectivity index (χ1v) is 9.60. The van der Waals surface area contributed by atoms with Crippen LogP contribution in [-0.2, 0) is 9.59 Å². The molecule has 0 bridgehead atoms. The number of amides is 3. The van der Waals surface area contributed by atoms with E-state index in [0.29, 0.717) is 5.75 Å². The molecule has 0 saturated heterocycles. The Labute approximate surface area is 202 Å². The molecule has 170 valence electrons. The molecule has 1 aliphatic heterocycles. The summed E-state index contributed by atoms with van der Waals surface area (Å²) in [5.74, 6) is -2.92. The van der Waals surface area contributed by atoms with Gasteiger partial charge in [0.05, 0.1) is 23.4 Å². The highest BCUT2D eigenvalue weighted by Gasteiger charge is 2.35. The molecule has 2 aromatic rings. The molecule has 0 aliphatic carbocycles. The number of ether oxygens (including phenoxy) is 1. The van der Waals surface area contributed by atoms with Crippen LogP contribution in [0.15, 0.2) is 30.3 Å². The van der Waals surface area contributed by atoms with Crippen LogP contribution < -0.4 is 15.8 Å². The molecule has 0 aromatic heterocycles. The molecule has 32 heavy (non-hydrogen) atoms. The number of benzene rings is 2. The molecule has 2 aromatic carbocycles. The molecule has 0 spiro atoms. The van der Waals surface area contributed by atoms with Crippen molar-refractivity contribution in [2.75, 3.05) is 31.1 Å². The van der Waals surface area contributed by atoms with Crippen LogP contribution in [0.25, 0.3) is 0 Å². The number of nitrogen functional groups attached to an aromatic ring is 1. The SMILES string of the molecule is [2H]C([2H])([2H])C([2H])([2H])N(C(=O)C[C@H]1C(=O)Nc2cc(N)c(Oc3cc(C)cc(C)c3)cc2C(=O)N1C)C([2H])([2H])C([2H])([2H])[2H]. The summed E-state index contributed by atoms with van der Waals surface area (Å²) in [5, 5.41) is 2.45. The van der Waals surface area contributed by atoms with E-state index in [0.717, 1.165) is 23.1 Å². The van der Waals surface area contributed by atoms with Crippen LogP contribution in [0.1, 0.15) is 55.3 Å². The third kappa shape index (κ3) is 4.69. The van der Waals surface area contributed by atoms with E-state index in [-0.39, 0.29) is 22.7 Å². The monoisotopic (exact) mass is 448 g/mol. The van der Waals surface area contributed by atoms with Crippen molar-refractivity contribution in [1.82, 2.24) is 9.80 Å². The second kappa shape index (κ2) is 9.30. The fourth-order valence-electron chi connectivity index (χ4n) is 3.45. The third-order valence-electron chi connectivity index (χ3n) is 4.99. The van der Waals surface area contributed by atoms with E-state index in [1.165, 1.54) is 12.1 Å². The molecule has 0 radical (unpaired) electrons. The van der Waals surface area contributed by atoms with E-state index in [1.807, 2.05) is 19.9 Å². The quantitative estimate of drug-likeness (QED) is 0.660. The largest absolute Gasteiger partial charge is 0.455 e. The number of carbonyl (C=O) groups excluding carboxylic acids is 3. The average molecular weight is 449 g/mol. The van der Waals surface area contributed by atoms with Crippen molar-refractivity contribution in [1.29, 1.82) is 0 Å². The molecule has 8 nitrogen and oxygen atoms in total. The van der Waals surface area contributed by atoms with Crippen molar-refractivity contribution < 1.29 is 32.8 Å². The van der Waals surface area contributed by atoms with Gasteiger partial charge in [-0.2, -0.15) is 0 Å². The van der Waals surface area contributed by atoms with Gasteiger partial charge in [-0.15, -0.1) is 0 Å². The first kappa shape index (κ1) is 13.1. The van der Waals surface area contributed by atoms with E-state index in [2.05, 4.69) is 5.32 Å². The van der Waals surface area contributed by atoms with Gasteiger partial charge < -0.3 is 25.6 Å². The summed E-state index contributed by atoms with van der Waals surface area (Å²) in [5.41, 5.74) is 7.88. The fourth-order valence-corrected chi connectivity index (χ4v) is 3.45. The smallest absolute Gasteiger partial charge is 0.256 e. The zero-order valence-electron chi connectivity index (χ0n) is 27.8. The van der Waals surface area contributed by atoms with Crippen LogP contribution >= 0.6 is 0 Å². The number of anilines is 2. The summed E-state index contributed by atoms with van der Waals surface area (Å²) in [4.78, 5) is 40.3. The van der Waals surface area contributed by atoms with Gasteiger partial charge in [-0.05, 0) is 62.9 Å². The fraction of sp³-hybridized carbons (Fsp3) is 0.375. The second-order valence-electron chi connectivity index (χ2n) is 7.44. The molecule has 8 heteroatoms. The maximum atomic E-state index is 13.5. The Kier molecular flexibility index (Phi) is 3.81. The molecule has 1 aliphatic rings. The maximum Gasteiger partial charge on any atom is 0.256 e. The number of rotatable bonds is 6. The standard InChI is InChI=1S/C24H30N4O4/c1-6-28(7-2)22(29)13-20-23(30)26-19-12-18(25)21(11-17(19)24(31)27(20)5)32-16-9-14(3)8-15(4)10-16/h8-12,20H,6-7,13,25H2,1-5H3,(H,26,30)/t20-/m0/s1/i1D3,2D3,6D2,7D2. The number of hydrogen-bond acceptors (Lipinski definition) is 5. The highest BCUT2D eigenvalue weighted by molar-refractivity contribution is 6.11. The van der Waals surface area contributed by atoms with Gasteiger partial charge in [-0.25, -0.2) is 0 Å². The Balaban J connectivity index is 2.00. The molecule has 1 atom stereocenters. The molecule has 1 heterocycles. The highest BCUT2D eigenvalue weighted by atomic mass is 16.5. The number of aryl methyl sites for hydroxylation is 2. The first-order chi connectivity index (χ1) is 19.0. The van der Waals surface area contributed by atoms with Crippen LogP contribution in [0, 0.1) is 13.8 Å². The van der Waals surface area contributed by atoms with E-state index in [4.69, 9.17) is 24.2 Å². The average Bonchev–Trinajstić information content (AvgIpc) is 2.87. The number of nitrogens with two attached hydrogens (primary N) is 1. The van der Waals surface area contributed by atoms with Gasteiger partial charge in [0.2, 0.25) is 11.8 Å². The van der Waals surface area contributed by atoms with Gasteiger partial charge in [0.1, 0.15) is 11.8 Å². The van der Waals surface area contributed by atoms with Crippen molar-refractivity contribution in [2.45, 2.75) is 40.0 Å². The predicted octanol–water partition coefficient (Wildman–Crippen LogP) is 3.33. The minimum Gasteiger partial charge on any atom is -0.455 e. The van der Waals surface area contributed by atoms with Crippen LogP contribution in [0.5, 0.6) is 11.5 Å². The number of nitrogens with one attached hydrogen (secondary N) is 1. The first-order valence-electron chi connectivity index (χ1n) is 14.6. The molecule has 3 N–H and O–H groups in total. The topological polar surface area (TPSA) is 105 Å².